The summed E-state index contributed by atoms with van der Waals surface area (Å²) in [5, 5.41) is 9.12. The molecule has 1 aromatic carbocycles. The molecular formula is C15H23NO. The summed E-state index contributed by atoms with van der Waals surface area (Å²) in [6, 6.07) is 10.6. The minimum Gasteiger partial charge on any atom is -0.396 e. The molecule has 2 nitrogen and oxygen atoms in total. The van der Waals surface area contributed by atoms with E-state index in [4.69, 9.17) is 5.11 Å². The highest BCUT2D eigenvalue weighted by atomic mass is 16.3. The van der Waals surface area contributed by atoms with Gasteiger partial charge in [0.25, 0.3) is 0 Å². The average molecular weight is 233 g/mol. The lowest BCUT2D eigenvalue weighted by molar-refractivity contribution is 0.134. The number of anilines is 1. The van der Waals surface area contributed by atoms with Gasteiger partial charge in [-0.15, -0.1) is 0 Å². The van der Waals surface area contributed by atoms with Gasteiger partial charge in [0.1, 0.15) is 0 Å². The first-order valence-corrected chi connectivity index (χ1v) is 6.54. The Morgan fingerprint density at radius 1 is 1.29 bits per heavy atom. The van der Waals surface area contributed by atoms with Crippen LogP contribution in [0.3, 0.4) is 0 Å². The van der Waals surface area contributed by atoms with E-state index >= 15 is 0 Å². The minimum absolute atomic E-state index is 0.289. The second kappa shape index (κ2) is 5.09. The molecule has 0 aromatic heterocycles. The zero-order valence-electron chi connectivity index (χ0n) is 10.9. The Morgan fingerprint density at radius 3 is 2.59 bits per heavy atom. The van der Waals surface area contributed by atoms with E-state index in [0.717, 1.165) is 19.5 Å². The van der Waals surface area contributed by atoms with E-state index in [1.165, 1.54) is 12.1 Å². The van der Waals surface area contributed by atoms with Crippen molar-refractivity contribution in [3.05, 3.63) is 30.3 Å². The van der Waals surface area contributed by atoms with E-state index in [1.54, 1.807) is 0 Å². The normalized spacial score (nSPS) is 23.7. The van der Waals surface area contributed by atoms with E-state index < -0.39 is 0 Å². The topological polar surface area (TPSA) is 23.5 Å². The average Bonchev–Trinajstić information content (AvgIpc) is 2.33. The summed E-state index contributed by atoms with van der Waals surface area (Å²) in [5.74, 6) is 0.646. The third-order valence-corrected chi connectivity index (χ3v) is 4.05. The lowest BCUT2D eigenvalue weighted by atomic mass is 9.72. The van der Waals surface area contributed by atoms with Crippen LogP contribution in [0.25, 0.3) is 0 Å². The number of aliphatic hydroxyl groups is 1. The Kier molecular flexibility index (Phi) is 3.72. The standard InChI is InChI=1S/C15H23NO/c1-15(2)12-16(10-8-13(15)9-11-17)14-6-4-3-5-7-14/h3-7,13,17H,8-12H2,1-2H3. The second-order valence-corrected chi connectivity index (χ2v) is 5.74. The van der Waals surface area contributed by atoms with Gasteiger partial charge in [-0.25, -0.2) is 0 Å². The monoisotopic (exact) mass is 233 g/mol. The summed E-state index contributed by atoms with van der Waals surface area (Å²) < 4.78 is 0. The van der Waals surface area contributed by atoms with Crippen molar-refractivity contribution in [3.8, 4) is 0 Å². The molecule has 2 rings (SSSR count). The van der Waals surface area contributed by atoms with Crippen LogP contribution >= 0.6 is 0 Å². The first kappa shape index (κ1) is 12.4. The predicted molar refractivity (Wildman–Crippen MR) is 72.2 cm³/mol. The molecule has 1 aromatic rings. The summed E-state index contributed by atoms with van der Waals surface area (Å²) in [6.45, 7) is 7.16. The van der Waals surface area contributed by atoms with E-state index in [1.807, 2.05) is 0 Å². The van der Waals surface area contributed by atoms with Crippen molar-refractivity contribution in [1.29, 1.82) is 0 Å². The van der Waals surface area contributed by atoms with Crippen molar-refractivity contribution in [3.63, 3.8) is 0 Å². The zero-order chi connectivity index (χ0) is 12.3. The van der Waals surface area contributed by atoms with Crippen LogP contribution in [0.5, 0.6) is 0 Å². The predicted octanol–water partition coefficient (Wildman–Crippen LogP) is 2.92. The number of benzene rings is 1. The van der Waals surface area contributed by atoms with Crippen molar-refractivity contribution < 1.29 is 5.11 Å². The van der Waals surface area contributed by atoms with Gasteiger partial charge in [-0.05, 0) is 36.3 Å². The van der Waals surface area contributed by atoms with Gasteiger partial charge in [0.2, 0.25) is 0 Å². The first-order chi connectivity index (χ1) is 8.13. The molecule has 0 amide bonds. The summed E-state index contributed by atoms with van der Waals surface area (Å²) in [6.07, 6.45) is 2.12. The largest absolute Gasteiger partial charge is 0.396 e. The van der Waals surface area contributed by atoms with Crippen LogP contribution in [0.1, 0.15) is 26.7 Å². The molecule has 1 aliphatic rings. The van der Waals surface area contributed by atoms with Crippen LogP contribution in [-0.4, -0.2) is 24.8 Å². The summed E-state index contributed by atoms with van der Waals surface area (Å²) in [4.78, 5) is 2.47. The maximum absolute atomic E-state index is 9.12. The Bertz CT molecular complexity index is 347. The summed E-state index contributed by atoms with van der Waals surface area (Å²) >= 11 is 0. The number of rotatable bonds is 3. The fraction of sp³-hybridized carbons (Fsp3) is 0.600. The number of nitrogens with zero attached hydrogens (tertiary/aromatic N) is 1. The minimum atomic E-state index is 0.289. The molecule has 0 spiro atoms. The third-order valence-electron chi connectivity index (χ3n) is 4.05. The number of hydrogen-bond donors (Lipinski definition) is 1. The lowest BCUT2D eigenvalue weighted by Gasteiger charge is -2.45. The molecule has 1 heterocycles. The smallest absolute Gasteiger partial charge is 0.0433 e. The Hall–Kier alpha value is -1.02. The molecule has 2 heteroatoms. The first-order valence-electron chi connectivity index (χ1n) is 6.54. The van der Waals surface area contributed by atoms with E-state index in [0.29, 0.717) is 12.5 Å². The van der Waals surface area contributed by atoms with Gasteiger partial charge in [-0.3, -0.25) is 0 Å². The number of piperidine rings is 1. The lowest BCUT2D eigenvalue weighted by Crippen LogP contribution is -2.46. The van der Waals surface area contributed by atoms with Crippen molar-refractivity contribution in [2.24, 2.45) is 11.3 Å². The van der Waals surface area contributed by atoms with Gasteiger partial charge < -0.3 is 10.0 Å². The highest BCUT2D eigenvalue weighted by Gasteiger charge is 2.35. The Morgan fingerprint density at radius 2 is 2.00 bits per heavy atom. The number of aliphatic hydroxyl groups excluding tert-OH is 1. The molecular weight excluding hydrogens is 210 g/mol. The molecule has 1 aliphatic heterocycles. The fourth-order valence-corrected chi connectivity index (χ4v) is 2.95. The van der Waals surface area contributed by atoms with Crippen molar-refractivity contribution in [1.82, 2.24) is 0 Å². The highest BCUT2D eigenvalue weighted by Crippen LogP contribution is 2.38. The highest BCUT2D eigenvalue weighted by molar-refractivity contribution is 5.46. The van der Waals surface area contributed by atoms with Crippen LogP contribution in [0.4, 0.5) is 5.69 Å². The molecule has 0 aliphatic carbocycles. The van der Waals surface area contributed by atoms with Gasteiger partial charge in [0, 0.05) is 25.4 Å². The Labute approximate surface area is 104 Å². The maximum atomic E-state index is 9.12. The van der Waals surface area contributed by atoms with Gasteiger partial charge in [-0.1, -0.05) is 32.0 Å². The van der Waals surface area contributed by atoms with Gasteiger partial charge in [0.15, 0.2) is 0 Å². The summed E-state index contributed by atoms with van der Waals surface area (Å²) in [7, 11) is 0. The van der Waals surface area contributed by atoms with Crippen LogP contribution in [-0.2, 0) is 0 Å². The van der Waals surface area contributed by atoms with Gasteiger partial charge in [0.05, 0.1) is 0 Å². The maximum Gasteiger partial charge on any atom is 0.0433 e. The summed E-state index contributed by atoms with van der Waals surface area (Å²) in [5.41, 5.74) is 1.61. The molecule has 1 unspecified atom stereocenters. The van der Waals surface area contributed by atoms with Crippen molar-refractivity contribution in [2.45, 2.75) is 26.7 Å². The zero-order valence-corrected chi connectivity index (χ0v) is 10.9. The molecule has 94 valence electrons. The van der Waals surface area contributed by atoms with Gasteiger partial charge in [-0.2, -0.15) is 0 Å². The fourth-order valence-electron chi connectivity index (χ4n) is 2.95. The Balaban J connectivity index is 2.07. The molecule has 1 atom stereocenters. The molecule has 17 heavy (non-hydrogen) atoms. The number of para-hydroxylation sites is 1. The molecule has 0 bridgehead atoms. The molecule has 1 N–H and O–H groups in total. The second-order valence-electron chi connectivity index (χ2n) is 5.74. The molecule has 1 saturated heterocycles. The molecule has 1 fully saturated rings. The van der Waals surface area contributed by atoms with Crippen LogP contribution in [0, 0.1) is 11.3 Å². The van der Waals surface area contributed by atoms with Crippen LogP contribution in [0.2, 0.25) is 0 Å². The van der Waals surface area contributed by atoms with Crippen LogP contribution in [0.15, 0.2) is 30.3 Å². The quantitative estimate of drug-likeness (QED) is 0.867. The SMILES string of the molecule is CC1(C)CN(c2ccccc2)CCC1CCO. The van der Waals surface area contributed by atoms with E-state index in [9.17, 15) is 0 Å². The van der Waals surface area contributed by atoms with Gasteiger partial charge >= 0.3 is 0 Å². The van der Waals surface area contributed by atoms with E-state index in [-0.39, 0.29) is 5.41 Å². The van der Waals surface area contributed by atoms with Crippen molar-refractivity contribution >= 4 is 5.69 Å². The van der Waals surface area contributed by atoms with E-state index in [2.05, 4.69) is 49.1 Å². The van der Waals surface area contributed by atoms with Crippen molar-refractivity contribution in [2.75, 3.05) is 24.6 Å². The van der Waals surface area contributed by atoms with Crippen LogP contribution < -0.4 is 4.90 Å². The molecule has 0 saturated carbocycles. The third kappa shape index (κ3) is 2.81. The molecule has 0 radical (unpaired) electrons. The number of hydrogen-bond acceptors (Lipinski definition) is 2.